The van der Waals surface area contributed by atoms with E-state index in [2.05, 4.69) is 26.1 Å². The van der Waals surface area contributed by atoms with E-state index >= 15 is 0 Å². The van der Waals surface area contributed by atoms with Gasteiger partial charge in [-0.1, -0.05) is 27.2 Å². The maximum absolute atomic E-state index is 12.8. The number of ether oxygens (including phenoxy) is 1. The molecule has 132 valence electrons. The van der Waals surface area contributed by atoms with E-state index in [0.717, 1.165) is 19.3 Å². The number of hydrogen-bond donors (Lipinski definition) is 1. The van der Waals surface area contributed by atoms with Crippen molar-refractivity contribution in [1.29, 1.82) is 0 Å². The highest BCUT2D eigenvalue weighted by atomic mass is 16.6. The Balaban J connectivity index is 2.23. The van der Waals surface area contributed by atoms with Crippen LogP contribution in [0.2, 0.25) is 0 Å². The summed E-state index contributed by atoms with van der Waals surface area (Å²) >= 11 is 0. The number of nitro benzene ring substituents is 1. The monoisotopic (exact) mass is 334 g/mol. The summed E-state index contributed by atoms with van der Waals surface area (Å²) in [6.45, 7) is 6.43. The van der Waals surface area contributed by atoms with Crippen LogP contribution in [0.1, 0.15) is 40.0 Å². The number of nitro groups is 1. The fourth-order valence-electron chi connectivity index (χ4n) is 3.62. The Kier molecular flexibility index (Phi) is 5.80. The normalized spacial score (nSPS) is 23.8. The lowest BCUT2D eigenvalue weighted by molar-refractivity contribution is -0.384. The number of carbonyl (C=O) groups excluding carboxylic acids is 1. The zero-order valence-electron chi connectivity index (χ0n) is 14.7. The van der Waals surface area contributed by atoms with E-state index in [0.29, 0.717) is 23.5 Å². The first-order valence-corrected chi connectivity index (χ1v) is 8.46. The van der Waals surface area contributed by atoms with Crippen molar-refractivity contribution >= 4 is 17.3 Å². The van der Waals surface area contributed by atoms with E-state index in [4.69, 9.17) is 4.74 Å². The van der Waals surface area contributed by atoms with Crippen molar-refractivity contribution in [3.05, 3.63) is 28.3 Å². The number of rotatable bonds is 5. The first-order chi connectivity index (χ1) is 11.3. The molecule has 2 rings (SSSR count). The number of nitrogens with one attached hydrogen (secondary N) is 1. The summed E-state index contributed by atoms with van der Waals surface area (Å²) < 4.78 is 5.03. The Labute approximate surface area is 142 Å². The molecule has 0 aromatic heterocycles. The number of carbonyl (C=O) groups is 1. The van der Waals surface area contributed by atoms with Gasteiger partial charge in [0.1, 0.15) is 11.4 Å². The van der Waals surface area contributed by atoms with Gasteiger partial charge < -0.3 is 10.1 Å². The molecule has 0 spiro atoms. The van der Waals surface area contributed by atoms with Gasteiger partial charge in [-0.05, 0) is 42.7 Å². The third-order valence-corrected chi connectivity index (χ3v) is 5.02. The Morgan fingerprint density at radius 2 is 2.08 bits per heavy atom. The van der Waals surface area contributed by atoms with Gasteiger partial charge in [0.15, 0.2) is 0 Å². The molecule has 0 aliphatic heterocycles. The molecule has 0 saturated heterocycles. The third kappa shape index (κ3) is 4.04. The SMILES string of the molecule is COc1ccc(NC(=O)[C@@H]2C[C@H](C)CC[C@H]2C(C)C)c([N+](=O)[O-])c1. The van der Waals surface area contributed by atoms with Crippen molar-refractivity contribution < 1.29 is 14.5 Å². The molecule has 6 nitrogen and oxygen atoms in total. The molecule has 1 aromatic carbocycles. The van der Waals surface area contributed by atoms with Crippen molar-refractivity contribution in [2.75, 3.05) is 12.4 Å². The van der Waals surface area contributed by atoms with E-state index in [1.54, 1.807) is 6.07 Å². The van der Waals surface area contributed by atoms with Gasteiger partial charge in [0.2, 0.25) is 5.91 Å². The lowest BCUT2D eigenvalue weighted by Crippen LogP contribution is -2.36. The van der Waals surface area contributed by atoms with Gasteiger partial charge in [-0.15, -0.1) is 0 Å². The second-order valence-corrected chi connectivity index (χ2v) is 7.06. The Morgan fingerprint density at radius 3 is 2.67 bits per heavy atom. The molecule has 1 amide bonds. The van der Waals surface area contributed by atoms with E-state index in [1.165, 1.54) is 19.2 Å². The highest BCUT2D eigenvalue weighted by Crippen LogP contribution is 2.39. The lowest BCUT2D eigenvalue weighted by atomic mass is 9.70. The molecule has 3 atom stereocenters. The minimum absolute atomic E-state index is 0.101. The van der Waals surface area contributed by atoms with Crippen LogP contribution in [0.5, 0.6) is 5.75 Å². The maximum atomic E-state index is 12.8. The van der Waals surface area contributed by atoms with Gasteiger partial charge in [0.25, 0.3) is 5.69 Å². The summed E-state index contributed by atoms with van der Waals surface area (Å²) in [6.07, 6.45) is 3.00. The molecule has 0 unspecified atom stereocenters. The van der Waals surface area contributed by atoms with E-state index in [-0.39, 0.29) is 23.2 Å². The molecule has 1 saturated carbocycles. The number of methoxy groups -OCH3 is 1. The van der Waals surface area contributed by atoms with Gasteiger partial charge in [-0.2, -0.15) is 0 Å². The van der Waals surface area contributed by atoms with Crippen molar-refractivity contribution in [1.82, 2.24) is 0 Å². The maximum Gasteiger partial charge on any atom is 0.296 e. The number of hydrogen-bond acceptors (Lipinski definition) is 4. The Morgan fingerprint density at radius 1 is 1.38 bits per heavy atom. The summed E-state index contributed by atoms with van der Waals surface area (Å²) in [5, 5.41) is 14.1. The fourth-order valence-corrected chi connectivity index (χ4v) is 3.62. The van der Waals surface area contributed by atoms with Crippen LogP contribution in [0.4, 0.5) is 11.4 Å². The quantitative estimate of drug-likeness (QED) is 0.644. The summed E-state index contributed by atoms with van der Waals surface area (Å²) in [4.78, 5) is 23.6. The van der Waals surface area contributed by atoms with E-state index in [9.17, 15) is 14.9 Å². The lowest BCUT2D eigenvalue weighted by Gasteiger charge is -2.36. The van der Waals surface area contributed by atoms with E-state index < -0.39 is 4.92 Å². The van der Waals surface area contributed by atoms with Crippen molar-refractivity contribution in [3.8, 4) is 5.75 Å². The molecular weight excluding hydrogens is 308 g/mol. The average molecular weight is 334 g/mol. The molecule has 1 aliphatic carbocycles. The fraction of sp³-hybridized carbons (Fsp3) is 0.611. The van der Waals surface area contributed by atoms with Crippen LogP contribution in [0, 0.1) is 33.8 Å². The van der Waals surface area contributed by atoms with Gasteiger partial charge in [0, 0.05) is 5.92 Å². The second-order valence-electron chi connectivity index (χ2n) is 7.06. The number of benzene rings is 1. The van der Waals surface area contributed by atoms with Crippen LogP contribution in [-0.2, 0) is 4.79 Å². The molecule has 0 heterocycles. The molecule has 1 aromatic rings. The van der Waals surface area contributed by atoms with Crippen molar-refractivity contribution in [2.24, 2.45) is 23.7 Å². The van der Waals surface area contributed by atoms with Gasteiger partial charge in [-0.25, -0.2) is 0 Å². The smallest absolute Gasteiger partial charge is 0.296 e. The zero-order valence-corrected chi connectivity index (χ0v) is 14.7. The largest absolute Gasteiger partial charge is 0.496 e. The first kappa shape index (κ1) is 18.2. The molecule has 1 N–H and O–H groups in total. The van der Waals surface area contributed by atoms with Gasteiger partial charge in [-0.3, -0.25) is 14.9 Å². The first-order valence-electron chi connectivity index (χ1n) is 8.46. The summed E-state index contributed by atoms with van der Waals surface area (Å²) in [5.74, 6) is 1.41. The number of anilines is 1. The minimum Gasteiger partial charge on any atom is -0.496 e. The van der Waals surface area contributed by atoms with Crippen molar-refractivity contribution in [3.63, 3.8) is 0 Å². The predicted octanol–water partition coefficient (Wildman–Crippen LogP) is 4.25. The molecular formula is C18H26N2O4. The van der Waals surface area contributed by atoms with Crippen LogP contribution >= 0.6 is 0 Å². The van der Waals surface area contributed by atoms with Crippen LogP contribution in [0.15, 0.2) is 18.2 Å². The number of amides is 1. The zero-order chi connectivity index (χ0) is 17.9. The van der Waals surface area contributed by atoms with Crippen LogP contribution in [0.3, 0.4) is 0 Å². The predicted molar refractivity (Wildman–Crippen MR) is 93.1 cm³/mol. The number of nitrogens with zero attached hydrogens (tertiary/aromatic N) is 1. The summed E-state index contributed by atoms with van der Waals surface area (Å²) in [5.41, 5.74) is 0.0826. The topological polar surface area (TPSA) is 81.5 Å². The van der Waals surface area contributed by atoms with Gasteiger partial charge >= 0.3 is 0 Å². The minimum atomic E-state index is -0.498. The van der Waals surface area contributed by atoms with Crippen LogP contribution < -0.4 is 10.1 Å². The Bertz CT molecular complexity index is 615. The van der Waals surface area contributed by atoms with Gasteiger partial charge in [0.05, 0.1) is 18.1 Å². The summed E-state index contributed by atoms with van der Waals surface area (Å²) in [7, 11) is 1.45. The molecule has 0 bridgehead atoms. The highest BCUT2D eigenvalue weighted by molar-refractivity contribution is 5.95. The molecule has 1 aliphatic rings. The third-order valence-electron chi connectivity index (χ3n) is 5.02. The molecule has 0 radical (unpaired) electrons. The molecule has 24 heavy (non-hydrogen) atoms. The average Bonchev–Trinajstić information content (AvgIpc) is 2.54. The van der Waals surface area contributed by atoms with Crippen LogP contribution in [0.25, 0.3) is 0 Å². The van der Waals surface area contributed by atoms with Crippen LogP contribution in [-0.4, -0.2) is 17.9 Å². The second kappa shape index (κ2) is 7.64. The van der Waals surface area contributed by atoms with Crippen molar-refractivity contribution in [2.45, 2.75) is 40.0 Å². The highest BCUT2D eigenvalue weighted by Gasteiger charge is 2.36. The molecule has 1 fully saturated rings. The molecule has 6 heteroatoms. The standard InChI is InChI=1S/C18H26N2O4/c1-11(2)14-7-5-12(3)9-15(14)18(21)19-16-8-6-13(24-4)10-17(16)20(22)23/h6,8,10-12,14-15H,5,7,9H2,1-4H3,(H,19,21)/t12-,14+,15-/m1/s1. The summed E-state index contributed by atoms with van der Waals surface area (Å²) in [6, 6.07) is 4.48. The van der Waals surface area contributed by atoms with E-state index in [1.807, 2.05) is 0 Å². The Hall–Kier alpha value is -2.11.